The predicted octanol–water partition coefficient (Wildman–Crippen LogP) is 4.58. The Labute approximate surface area is 220 Å². The van der Waals surface area contributed by atoms with Crippen LogP contribution in [0.1, 0.15) is 37.9 Å². The highest BCUT2D eigenvalue weighted by atomic mass is 19.3. The molecule has 2 fully saturated rings. The number of ether oxygens (including phenoxy) is 4. The van der Waals surface area contributed by atoms with Crippen molar-refractivity contribution in [2.24, 2.45) is 0 Å². The molecule has 0 radical (unpaired) electrons. The molecule has 3 aliphatic rings. The number of anilines is 1. The fourth-order valence-corrected chi connectivity index (χ4v) is 5.14. The molecule has 9 nitrogen and oxygen atoms in total. The summed E-state index contributed by atoms with van der Waals surface area (Å²) in [6, 6.07) is 8.78. The Morgan fingerprint density at radius 3 is 2.56 bits per heavy atom. The maximum absolute atomic E-state index is 15.4. The van der Waals surface area contributed by atoms with Crippen molar-refractivity contribution >= 4 is 28.7 Å². The van der Waals surface area contributed by atoms with E-state index in [2.05, 4.69) is 14.8 Å². The van der Waals surface area contributed by atoms with E-state index in [1.807, 2.05) is 13.8 Å². The summed E-state index contributed by atoms with van der Waals surface area (Å²) in [5, 5.41) is 13.3. The van der Waals surface area contributed by atoms with Crippen LogP contribution in [0.3, 0.4) is 0 Å². The van der Waals surface area contributed by atoms with Crippen LogP contribution in [0.4, 0.5) is 23.7 Å². The molecule has 6 rings (SSSR count). The molecule has 2 aromatic carbocycles. The first-order valence-electron chi connectivity index (χ1n) is 12.4. The van der Waals surface area contributed by atoms with Crippen LogP contribution in [0, 0.1) is 5.82 Å². The third-order valence-corrected chi connectivity index (χ3v) is 7.50. The van der Waals surface area contributed by atoms with Gasteiger partial charge in [-0.1, -0.05) is 19.9 Å². The molecule has 1 amide bonds. The highest BCUT2D eigenvalue weighted by Gasteiger charge is 2.53. The molecule has 39 heavy (non-hydrogen) atoms. The first-order chi connectivity index (χ1) is 18.4. The number of carbonyl (C=O) groups is 2. The van der Waals surface area contributed by atoms with E-state index in [0.717, 1.165) is 0 Å². The highest BCUT2D eigenvalue weighted by Crippen LogP contribution is 2.52. The van der Waals surface area contributed by atoms with E-state index in [-0.39, 0.29) is 36.9 Å². The largest absolute Gasteiger partial charge is 0.586 e. The minimum atomic E-state index is -3.77. The minimum Gasteiger partial charge on any atom is -0.430 e. The second-order valence-corrected chi connectivity index (χ2v) is 10.7. The van der Waals surface area contributed by atoms with E-state index in [9.17, 15) is 23.5 Å². The van der Waals surface area contributed by atoms with Gasteiger partial charge in [-0.3, -0.25) is 4.79 Å². The van der Waals surface area contributed by atoms with Gasteiger partial charge in [-0.15, -0.1) is 8.78 Å². The molecule has 0 spiro atoms. The van der Waals surface area contributed by atoms with Crippen molar-refractivity contribution in [3.05, 3.63) is 53.5 Å². The van der Waals surface area contributed by atoms with E-state index in [0.29, 0.717) is 35.0 Å². The predicted molar refractivity (Wildman–Crippen MR) is 130 cm³/mol. The summed E-state index contributed by atoms with van der Waals surface area (Å²) in [6.07, 6.45) is -4.23. The molecular formula is C27H25F3N2O7. The molecule has 206 valence electrons. The van der Waals surface area contributed by atoms with E-state index >= 15 is 4.39 Å². The first kappa shape index (κ1) is 25.4. The molecule has 12 heteroatoms. The maximum atomic E-state index is 15.4. The Morgan fingerprint density at radius 2 is 1.90 bits per heavy atom. The van der Waals surface area contributed by atoms with Gasteiger partial charge in [0, 0.05) is 22.6 Å². The molecule has 1 saturated carbocycles. The number of nitrogens with one attached hydrogen (secondary N) is 1. The number of aliphatic hydroxyl groups excluding tert-OH is 1. The van der Waals surface area contributed by atoms with Crippen LogP contribution in [-0.4, -0.2) is 47.3 Å². The number of hydrogen-bond donors (Lipinski definition) is 2. The standard InChI is InChI=1S/C27H25F3N2O7/c1-25(2,13-33)22-8-14-7-18(17(28)10-19(14)32(22)11-16-12-36-24(35)37-16)31-23(34)26(5-6-26)15-3-4-20-21(9-15)39-27(29,30)38-20/h3-4,7-10,16,33H,5-6,11-13H2,1-2H3,(H,31,34)/t16-/m1/s1. The minimum absolute atomic E-state index is 0.0489. The number of rotatable bonds is 7. The Bertz CT molecular complexity index is 1510. The van der Waals surface area contributed by atoms with Crippen molar-refractivity contribution in [3.8, 4) is 11.5 Å². The van der Waals surface area contributed by atoms with E-state index in [4.69, 9.17) is 9.47 Å². The zero-order chi connectivity index (χ0) is 27.7. The Kier molecular flexibility index (Phi) is 5.55. The van der Waals surface area contributed by atoms with Gasteiger partial charge >= 0.3 is 12.5 Å². The number of aromatic nitrogens is 1. The molecule has 3 aromatic rings. The quantitative estimate of drug-likeness (QED) is 0.418. The van der Waals surface area contributed by atoms with E-state index in [1.54, 1.807) is 10.6 Å². The van der Waals surface area contributed by atoms with E-state index in [1.165, 1.54) is 30.3 Å². The number of amides is 1. The molecule has 0 bridgehead atoms. The zero-order valence-corrected chi connectivity index (χ0v) is 21.1. The second kappa shape index (κ2) is 8.54. The lowest BCUT2D eigenvalue weighted by Crippen LogP contribution is -2.29. The number of fused-ring (bicyclic) bond motifs is 2. The van der Waals surface area contributed by atoms with E-state index < -0.39 is 41.1 Å². The van der Waals surface area contributed by atoms with Crippen LogP contribution in [0.2, 0.25) is 0 Å². The molecule has 1 atom stereocenters. The summed E-state index contributed by atoms with van der Waals surface area (Å²) in [5.41, 5.74) is -0.138. The van der Waals surface area contributed by atoms with Gasteiger partial charge in [0.1, 0.15) is 12.4 Å². The van der Waals surface area contributed by atoms with Gasteiger partial charge in [0.25, 0.3) is 0 Å². The molecule has 0 unspecified atom stereocenters. The summed E-state index contributed by atoms with van der Waals surface area (Å²) in [4.78, 5) is 24.8. The van der Waals surface area contributed by atoms with Crippen molar-refractivity contribution in [3.63, 3.8) is 0 Å². The molecule has 1 aromatic heterocycles. The molecule has 2 N–H and O–H groups in total. The van der Waals surface area contributed by atoms with Gasteiger partial charge in [0.15, 0.2) is 17.6 Å². The Hall–Kier alpha value is -3.93. The van der Waals surface area contributed by atoms with Gasteiger partial charge in [0.2, 0.25) is 5.91 Å². The molecule has 3 heterocycles. The normalized spacial score (nSPS) is 20.6. The summed E-state index contributed by atoms with van der Waals surface area (Å²) >= 11 is 0. The number of hydrogen-bond acceptors (Lipinski definition) is 7. The van der Waals surface area contributed by atoms with Crippen molar-refractivity contribution in [1.82, 2.24) is 4.57 Å². The number of aliphatic hydroxyl groups is 1. The number of benzene rings is 2. The zero-order valence-electron chi connectivity index (χ0n) is 21.1. The lowest BCUT2D eigenvalue weighted by molar-refractivity contribution is -0.286. The second-order valence-electron chi connectivity index (χ2n) is 10.7. The summed E-state index contributed by atoms with van der Waals surface area (Å²) in [7, 11) is 0. The average molecular weight is 546 g/mol. The smallest absolute Gasteiger partial charge is 0.430 e. The maximum Gasteiger partial charge on any atom is 0.586 e. The number of nitrogens with zero attached hydrogens (tertiary/aromatic N) is 1. The van der Waals surface area contributed by atoms with Gasteiger partial charge in [0.05, 0.1) is 29.8 Å². The summed E-state index contributed by atoms with van der Waals surface area (Å²) in [6.45, 7) is 3.69. The summed E-state index contributed by atoms with van der Waals surface area (Å²) in [5.74, 6) is -1.45. The van der Waals surface area contributed by atoms with Crippen molar-refractivity contribution < 1.29 is 46.8 Å². The van der Waals surface area contributed by atoms with Crippen LogP contribution in [0.25, 0.3) is 10.9 Å². The topological polar surface area (TPSA) is 108 Å². The molecule has 1 saturated heterocycles. The lowest BCUT2D eigenvalue weighted by atomic mass is 9.90. The molecular weight excluding hydrogens is 521 g/mol. The Balaban J connectivity index is 1.31. The molecule has 1 aliphatic carbocycles. The number of carbonyl (C=O) groups excluding carboxylic acids is 2. The monoisotopic (exact) mass is 546 g/mol. The van der Waals surface area contributed by atoms with Gasteiger partial charge in [-0.2, -0.15) is 0 Å². The van der Waals surface area contributed by atoms with Crippen LogP contribution in [-0.2, 0) is 31.6 Å². The number of halogens is 3. The van der Waals surface area contributed by atoms with Crippen molar-refractivity contribution in [2.75, 3.05) is 18.5 Å². The summed E-state index contributed by atoms with van der Waals surface area (Å²) < 4.78 is 63.1. The Morgan fingerprint density at radius 1 is 1.15 bits per heavy atom. The SMILES string of the molecule is CC(C)(CO)c1cc2cc(NC(=O)C3(c4ccc5c(c4)OC(F)(F)O5)CC3)c(F)cc2n1C[C@@H]1COC(=O)O1. The third-order valence-electron chi connectivity index (χ3n) is 7.50. The average Bonchev–Trinajstić information content (AvgIpc) is 3.34. The lowest BCUT2D eigenvalue weighted by Gasteiger charge is -2.25. The fourth-order valence-electron chi connectivity index (χ4n) is 5.14. The third kappa shape index (κ3) is 4.32. The van der Waals surface area contributed by atoms with Crippen LogP contribution < -0.4 is 14.8 Å². The van der Waals surface area contributed by atoms with Gasteiger partial charge in [-0.25, -0.2) is 9.18 Å². The number of alkyl halides is 2. The highest BCUT2D eigenvalue weighted by molar-refractivity contribution is 6.03. The van der Waals surface area contributed by atoms with Gasteiger partial charge in [-0.05, 0) is 42.7 Å². The van der Waals surface area contributed by atoms with Crippen LogP contribution in [0.5, 0.6) is 11.5 Å². The van der Waals surface area contributed by atoms with Gasteiger partial charge < -0.3 is 33.9 Å². The van der Waals surface area contributed by atoms with Crippen LogP contribution in [0.15, 0.2) is 36.4 Å². The molecule has 2 aliphatic heterocycles. The van der Waals surface area contributed by atoms with Crippen molar-refractivity contribution in [1.29, 1.82) is 0 Å². The fraction of sp³-hybridized carbons (Fsp3) is 0.407. The number of cyclic esters (lactones) is 2. The van der Waals surface area contributed by atoms with Crippen molar-refractivity contribution in [2.45, 2.75) is 56.5 Å². The first-order valence-corrected chi connectivity index (χ1v) is 12.4. The van der Waals surface area contributed by atoms with Crippen LogP contribution >= 0.6 is 0 Å².